The van der Waals surface area contributed by atoms with E-state index in [1.807, 2.05) is 0 Å². The van der Waals surface area contributed by atoms with Crippen LogP contribution in [0.3, 0.4) is 0 Å². The van der Waals surface area contributed by atoms with Gasteiger partial charge in [-0.1, -0.05) is 18.2 Å². The van der Waals surface area contributed by atoms with Crippen molar-refractivity contribution >= 4 is 27.6 Å². The molecule has 2 rings (SSSR count). The molecule has 0 radical (unpaired) electrons. The number of para-hydroxylation sites is 1. The fourth-order valence-electron chi connectivity index (χ4n) is 1.89. The molecule has 1 heterocycles. The van der Waals surface area contributed by atoms with Gasteiger partial charge < -0.3 is 15.4 Å². The summed E-state index contributed by atoms with van der Waals surface area (Å²) in [4.78, 5) is 25.0. The number of amides is 1. The molecule has 0 saturated carbocycles. The molecule has 24 heavy (non-hydrogen) atoms. The highest BCUT2D eigenvalue weighted by molar-refractivity contribution is 7.92. The number of carboxylic acids is 1. The number of hydrogen-bond acceptors (Lipinski definition) is 4. The zero-order valence-electron chi connectivity index (χ0n) is 12.4. The number of H-pyrrole nitrogens is 1. The summed E-state index contributed by atoms with van der Waals surface area (Å²) in [6.45, 7) is 3.72. The van der Waals surface area contributed by atoms with Gasteiger partial charge in [0.2, 0.25) is 0 Å². The first-order valence-electron chi connectivity index (χ1n) is 6.78. The quantitative estimate of drug-likeness (QED) is 0.562. The predicted molar refractivity (Wildman–Crippen MR) is 87.5 cm³/mol. The molecule has 0 bridgehead atoms. The Morgan fingerprint density at radius 1 is 1.29 bits per heavy atom. The fourth-order valence-corrected chi connectivity index (χ4v) is 2.96. The molecule has 0 aliphatic heterocycles. The van der Waals surface area contributed by atoms with Crippen molar-refractivity contribution in [3.63, 3.8) is 0 Å². The Morgan fingerprint density at radius 3 is 2.62 bits per heavy atom. The minimum atomic E-state index is -4.05. The Morgan fingerprint density at radius 2 is 2.00 bits per heavy atom. The van der Waals surface area contributed by atoms with Gasteiger partial charge in [0.15, 0.2) is 0 Å². The smallest absolute Gasteiger partial charge is 0.352 e. The van der Waals surface area contributed by atoms with Gasteiger partial charge in [0, 0.05) is 12.7 Å². The number of aromatic carboxylic acids is 1. The van der Waals surface area contributed by atoms with E-state index in [0.29, 0.717) is 0 Å². The summed E-state index contributed by atoms with van der Waals surface area (Å²) in [6, 6.07) is 7.06. The van der Waals surface area contributed by atoms with Crippen molar-refractivity contribution in [2.24, 2.45) is 0 Å². The Balaban J connectivity index is 2.31. The molecule has 0 unspecified atom stereocenters. The summed E-state index contributed by atoms with van der Waals surface area (Å²) in [5.41, 5.74) is -0.0403. The van der Waals surface area contributed by atoms with Crippen LogP contribution in [0, 0.1) is 0 Å². The van der Waals surface area contributed by atoms with Crippen LogP contribution in [-0.4, -0.2) is 36.9 Å². The van der Waals surface area contributed by atoms with Gasteiger partial charge in [-0.15, -0.1) is 6.58 Å². The third-order valence-electron chi connectivity index (χ3n) is 3.02. The molecule has 0 saturated heterocycles. The summed E-state index contributed by atoms with van der Waals surface area (Å²) in [5, 5.41) is 11.4. The van der Waals surface area contributed by atoms with Gasteiger partial charge in [0.05, 0.1) is 11.3 Å². The number of rotatable bonds is 7. The third-order valence-corrected chi connectivity index (χ3v) is 4.37. The molecule has 0 spiro atoms. The van der Waals surface area contributed by atoms with Crippen LogP contribution < -0.4 is 10.0 Å². The summed E-state index contributed by atoms with van der Waals surface area (Å²) in [6.07, 6.45) is 2.56. The number of anilines is 1. The molecular formula is C15H15N3O5S. The lowest BCUT2D eigenvalue weighted by molar-refractivity contribution is 0.0691. The maximum absolute atomic E-state index is 12.4. The van der Waals surface area contributed by atoms with Crippen LogP contribution in [0.2, 0.25) is 0 Å². The van der Waals surface area contributed by atoms with Gasteiger partial charge in [0.1, 0.15) is 10.6 Å². The lowest BCUT2D eigenvalue weighted by Crippen LogP contribution is -2.25. The van der Waals surface area contributed by atoms with Crippen LogP contribution >= 0.6 is 0 Å². The second-order valence-electron chi connectivity index (χ2n) is 4.70. The molecular weight excluding hydrogens is 334 g/mol. The van der Waals surface area contributed by atoms with Crippen LogP contribution in [0.25, 0.3) is 0 Å². The average Bonchev–Trinajstić information content (AvgIpc) is 3.04. The maximum atomic E-state index is 12.4. The summed E-state index contributed by atoms with van der Waals surface area (Å²) >= 11 is 0. The van der Waals surface area contributed by atoms with E-state index in [-0.39, 0.29) is 28.4 Å². The normalized spacial score (nSPS) is 10.8. The van der Waals surface area contributed by atoms with Gasteiger partial charge >= 0.3 is 5.97 Å². The summed E-state index contributed by atoms with van der Waals surface area (Å²) in [7, 11) is -4.05. The van der Waals surface area contributed by atoms with E-state index in [4.69, 9.17) is 5.11 Å². The first-order chi connectivity index (χ1) is 11.3. The fraction of sp³-hybridized carbons (Fsp3) is 0.0667. The van der Waals surface area contributed by atoms with E-state index in [1.54, 1.807) is 12.1 Å². The number of carbonyl (C=O) groups excluding carboxylic acids is 1. The highest BCUT2D eigenvalue weighted by atomic mass is 32.2. The number of hydrogen-bond donors (Lipinski definition) is 4. The topological polar surface area (TPSA) is 128 Å². The number of nitrogens with one attached hydrogen (secondary N) is 3. The third kappa shape index (κ3) is 3.82. The van der Waals surface area contributed by atoms with Gasteiger partial charge in [-0.2, -0.15) is 0 Å². The molecule has 0 atom stereocenters. The van der Waals surface area contributed by atoms with Crippen molar-refractivity contribution < 1.29 is 23.1 Å². The van der Waals surface area contributed by atoms with E-state index in [0.717, 1.165) is 12.3 Å². The Bertz CT molecular complexity index is 886. The first kappa shape index (κ1) is 17.3. The van der Waals surface area contributed by atoms with E-state index in [9.17, 15) is 18.0 Å². The molecule has 0 aliphatic rings. The number of carboxylic acid groups (broad SMARTS) is 1. The zero-order chi connectivity index (χ0) is 17.7. The monoisotopic (exact) mass is 349 g/mol. The maximum Gasteiger partial charge on any atom is 0.352 e. The van der Waals surface area contributed by atoms with E-state index in [2.05, 4.69) is 21.6 Å². The molecule has 4 N–H and O–H groups in total. The molecule has 9 heteroatoms. The minimum absolute atomic E-state index is 0.0807. The number of benzene rings is 1. The van der Waals surface area contributed by atoms with Crippen LogP contribution in [-0.2, 0) is 10.0 Å². The van der Waals surface area contributed by atoms with Crippen LogP contribution in [0.1, 0.15) is 20.8 Å². The van der Waals surface area contributed by atoms with Gasteiger partial charge in [-0.05, 0) is 18.2 Å². The standard InChI is InChI=1S/C15H15N3O5S/c1-2-7-16-14(19)11-5-3-4-6-12(11)18-24(22,23)10-8-13(15(20)21)17-9-10/h2-6,8-9,17-18H,1,7H2,(H,16,19)(H,20,21). The number of sulfonamides is 1. The van der Waals surface area contributed by atoms with Crippen molar-refractivity contribution in [1.82, 2.24) is 10.3 Å². The predicted octanol–water partition coefficient (Wildman–Crippen LogP) is 1.43. The molecule has 2 aromatic rings. The van der Waals surface area contributed by atoms with E-state index in [1.165, 1.54) is 18.2 Å². The largest absolute Gasteiger partial charge is 0.477 e. The van der Waals surface area contributed by atoms with Crippen molar-refractivity contribution in [2.45, 2.75) is 4.90 Å². The lowest BCUT2D eigenvalue weighted by atomic mass is 10.1. The SMILES string of the molecule is C=CCNC(=O)c1ccccc1NS(=O)(=O)c1c[nH]c(C(=O)O)c1. The van der Waals surface area contributed by atoms with E-state index >= 15 is 0 Å². The van der Waals surface area contributed by atoms with Crippen molar-refractivity contribution in [2.75, 3.05) is 11.3 Å². The molecule has 0 fully saturated rings. The molecule has 1 aromatic heterocycles. The summed E-state index contributed by atoms with van der Waals surface area (Å²) in [5.74, 6) is -1.74. The lowest BCUT2D eigenvalue weighted by Gasteiger charge is -2.11. The molecule has 126 valence electrons. The van der Waals surface area contributed by atoms with Gasteiger partial charge in [-0.25, -0.2) is 13.2 Å². The first-order valence-corrected chi connectivity index (χ1v) is 8.26. The van der Waals surface area contributed by atoms with Gasteiger partial charge in [-0.3, -0.25) is 9.52 Å². The highest BCUT2D eigenvalue weighted by Gasteiger charge is 2.21. The molecule has 1 amide bonds. The van der Waals surface area contributed by atoms with Crippen molar-refractivity contribution in [1.29, 1.82) is 0 Å². The number of carbonyl (C=O) groups is 2. The van der Waals surface area contributed by atoms with Crippen LogP contribution in [0.4, 0.5) is 5.69 Å². The molecule has 1 aromatic carbocycles. The van der Waals surface area contributed by atoms with Gasteiger partial charge in [0.25, 0.3) is 15.9 Å². The average molecular weight is 349 g/mol. The zero-order valence-corrected chi connectivity index (χ0v) is 13.3. The van der Waals surface area contributed by atoms with Crippen LogP contribution in [0.5, 0.6) is 0 Å². The van der Waals surface area contributed by atoms with Crippen molar-refractivity contribution in [3.8, 4) is 0 Å². The minimum Gasteiger partial charge on any atom is -0.477 e. The molecule has 0 aliphatic carbocycles. The second-order valence-corrected chi connectivity index (χ2v) is 6.39. The number of aromatic nitrogens is 1. The number of aromatic amines is 1. The second kappa shape index (κ2) is 7.01. The van der Waals surface area contributed by atoms with Crippen molar-refractivity contribution in [3.05, 3.63) is 60.4 Å². The Kier molecular flexibility index (Phi) is 5.05. The van der Waals surface area contributed by atoms with E-state index < -0.39 is 21.9 Å². The van der Waals surface area contributed by atoms with Crippen LogP contribution in [0.15, 0.2) is 54.1 Å². The molecule has 8 nitrogen and oxygen atoms in total. The Hall–Kier alpha value is -3.07. The Labute approximate surface area is 138 Å². The summed E-state index contributed by atoms with van der Waals surface area (Å²) < 4.78 is 27.0. The highest BCUT2D eigenvalue weighted by Crippen LogP contribution is 2.20.